The molecule has 0 amide bonds. The molecule has 0 saturated heterocycles. The molecule has 0 aliphatic rings. The lowest BCUT2D eigenvalue weighted by molar-refractivity contribution is -0.139. The van der Waals surface area contributed by atoms with Gasteiger partial charge in [0.1, 0.15) is 0 Å². The Kier molecular flexibility index (Phi) is 2.97. The topological polar surface area (TPSA) is 60.8 Å². The number of carbonyl (C=O) groups is 1. The molecule has 0 heterocycles. The van der Waals surface area contributed by atoms with Crippen LogP contribution in [-0.2, 0) is 4.79 Å². The summed E-state index contributed by atoms with van der Waals surface area (Å²) in [7, 11) is 0. The molecule has 2 rings (SSSR count). The lowest BCUT2D eigenvalue weighted by atomic mass is 10.1. The first-order chi connectivity index (χ1) is 8.11. The second kappa shape index (κ2) is 4.43. The van der Waals surface area contributed by atoms with Crippen molar-refractivity contribution in [2.24, 2.45) is 0 Å². The number of hydroxylamine groups is 1. The summed E-state index contributed by atoms with van der Waals surface area (Å²) in [5, 5.41) is 21.4. The summed E-state index contributed by atoms with van der Waals surface area (Å²) < 4.78 is 0. The normalized spacial score (nSPS) is 12.4. The molecule has 0 unspecified atom stereocenters. The molecule has 0 aliphatic heterocycles. The minimum absolute atomic E-state index is 0.498. The van der Waals surface area contributed by atoms with Crippen LogP contribution in [0.25, 0.3) is 10.8 Å². The fraction of sp³-hybridized carbons (Fsp3) is 0.154. The Morgan fingerprint density at radius 2 is 1.82 bits per heavy atom. The van der Waals surface area contributed by atoms with Crippen molar-refractivity contribution < 1.29 is 15.1 Å². The molecular formula is C13H13NO3. The molecule has 1 atom stereocenters. The number of fused-ring (bicyclic) bond motifs is 1. The SMILES string of the molecule is C[C@@H](C(=O)O)N(O)c1cccc2ccccc12. The van der Waals surface area contributed by atoms with Gasteiger partial charge in [0.05, 0.1) is 5.69 Å². The monoisotopic (exact) mass is 231 g/mol. The summed E-state index contributed by atoms with van der Waals surface area (Å²) in [6, 6.07) is 11.9. The molecular weight excluding hydrogens is 218 g/mol. The number of rotatable bonds is 3. The molecule has 0 saturated carbocycles. The Balaban J connectivity index is 2.52. The molecule has 17 heavy (non-hydrogen) atoms. The van der Waals surface area contributed by atoms with Crippen LogP contribution in [0.2, 0.25) is 0 Å². The zero-order valence-electron chi connectivity index (χ0n) is 9.37. The highest BCUT2D eigenvalue weighted by molar-refractivity contribution is 5.95. The van der Waals surface area contributed by atoms with Gasteiger partial charge in [-0.3, -0.25) is 5.21 Å². The third-order valence-electron chi connectivity index (χ3n) is 2.74. The molecule has 4 heteroatoms. The second-order valence-corrected chi connectivity index (χ2v) is 3.86. The van der Waals surface area contributed by atoms with E-state index in [1.165, 1.54) is 6.92 Å². The summed E-state index contributed by atoms with van der Waals surface area (Å²) in [5.74, 6) is -1.07. The van der Waals surface area contributed by atoms with Gasteiger partial charge < -0.3 is 5.11 Å². The highest BCUT2D eigenvalue weighted by atomic mass is 16.5. The predicted molar refractivity (Wildman–Crippen MR) is 65.3 cm³/mol. The van der Waals surface area contributed by atoms with E-state index in [-0.39, 0.29) is 0 Å². The third-order valence-corrected chi connectivity index (χ3v) is 2.74. The van der Waals surface area contributed by atoms with Crippen molar-refractivity contribution in [2.45, 2.75) is 13.0 Å². The molecule has 88 valence electrons. The van der Waals surface area contributed by atoms with E-state index in [0.29, 0.717) is 5.69 Å². The predicted octanol–water partition coefficient (Wildman–Crippen LogP) is 2.51. The number of anilines is 1. The molecule has 4 nitrogen and oxygen atoms in total. The van der Waals surface area contributed by atoms with E-state index in [1.54, 1.807) is 12.1 Å². The van der Waals surface area contributed by atoms with Crippen LogP contribution in [0.5, 0.6) is 0 Å². The van der Waals surface area contributed by atoms with Gasteiger partial charge in [-0.15, -0.1) is 0 Å². The van der Waals surface area contributed by atoms with Gasteiger partial charge in [0.25, 0.3) is 0 Å². The smallest absolute Gasteiger partial charge is 0.328 e. The summed E-state index contributed by atoms with van der Waals surface area (Å²) in [6.07, 6.45) is 0. The molecule has 0 aromatic heterocycles. The Morgan fingerprint density at radius 3 is 2.53 bits per heavy atom. The summed E-state index contributed by atoms with van der Waals surface area (Å²) in [4.78, 5) is 10.8. The number of nitrogens with zero attached hydrogens (tertiary/aromatic N) is 1. The van der Waals surface area contributed by atoms with E-state index in [0.717, 1.165) is 15.8 Å². The average Bonchev–Trinajstić information content (AvgIpc) is 2.36. The van der Waals surface area contributed by atoms with E-state index in [2.05, 4.69) is 0 Å². The maximum absolute atomic E-state index is 10.8. The van der Waals surface area contributed by atoms with Crippen LogP contribution >= 0.6 is 0 Å². The van der Waals surface area contributed by atoms with Crippen molar-refractivity contribution in [3.8, 4) is 0 Å². The Morgan fingerprint density at radius 1 is 1.18 bits per heavy atom. The largest absolute Gasteiger partial charge is 0.480 e. The molecule has 0 radical (unpaired) electrons. The number of hydrogen-bond acceptors (Lipinski definition) is 3. The number of carboxylic acid groups (broad SMARTS) is 1. The Hall–Kier alpha value is -2.07. The van der Waals surface area contributed by atoms with Gasteiger partial charge in [-0.05, 0) is 18.4 Å². The van der Waals surface area contributed by atoms with Gasteiger partial charge in [-0.1, -0.05) is 36.4 Å². The minimum Gasteiger partial charge on any atom is -0.480 e. The number of aliphatic carboxylic acids is 1. The summed E-state index contributed by atoms with van der Waals surface area (Å²) >= 11 is 0. The van der Waals surface area contributed by atoms with E-state index in [9.17, 15) is 10.0 Å². The Bertz CT molecular complexity index is 548. The highest BCUT2D eigenvalue weighted by Gasteiger charge is 2.20. The van der Waals surface area contributed by atoms with Crippen molar-refractivity contribution in [1.29, 1.82) is 0 Å². The van der Waals surface area contributed by atoms with Crippen LogP contribution in [0.3, 0.4) is 0 Å². The standard InChI is InChI=1S/C13H13NO3/c1-9(13(15)16)14(17)12-8-4-6-10-5-2-3-7-11(10)12/h2-9,17H,1H3,(H,15,16)/t9-/m0/s1. The van der Waals surface area contributed by atoms with Crippen LogP contribution in [-0.4, -0.2) is 22.3 Å². The minimum atomic E-state index is -1.07. The Labute approximate surface area is 98.7 Å². The maximum atomic E-state index is 10.8. The lowest BCUT2D eigenvalue weighted by Gasteiger charge is -2.22. The van der Waals surface area contributed by atoms with Gasteiger partial charge in [-0.2, -0.15) is 0 Å². The molecule has 0 fully saturated rings. The fourth-order valence-corrected chi connectivity index (χ4v) is 1.72. The molecule has 0 bridgehead atoms. The maximum Gasteiger partial charge on any atom is 0.328 e. The number of hydrogen-bond donors (Lipinski definition) is 2. The fourth-order valence-electron chi connectivity index (χ4n) is 1.72. The zero-order valence-corrected chi connectivity index (χ0v) is 9.37. The van der Waals surface area contributed by atoms with Crippen LogP contribution in [0.4, 0.5) is 5.69 Å². The van der Waals surface area contributed by atoms with Crippen LogP contribution in [0.1, 0.15) is 6.92 Å². The second-order valence-electron chi connectivity index (χ2n) is 3.86. The van der Waals surface area contributed by atoms with Gasteiger partial charge in [0, 0.05) is 5.39 Å². The summed E-state index contributed by atoms with van der Waals surface area (Å²) in [6.45, 7) is 1.43. The first kappa shape index (κ1) is 11.4. The first-order valence-corrected chi connectivity index (χ1v) is 5.30. The van der Waals surface area contributed by atoms with Crippen LogP contribution in [0, 0.1) is 0 Å². The van der Waals surface area contributed by atoms with Gasteiger partial charge in [0.2, 0.25) is 0 Å². The molecule has 2 aromatic carbocycles. The number of carboxylic acids is 1. The van der Waals surface area contributed by atoms with Crippen molar-refractivity contribution in [3.05, 3.63) is 42.5 Å². The first-order valence-electron chi connectivity index (χ1n) is 5.30. The lowest BCUT2D eigenvalue weighted by Crippen LogP contribution is -2.36. The van der Waals surface area contributed by atoms with Crippen molar-refractivity contribution in [3.63, 3.8) is 0 Å². The molecule has 0 aliphatic carbocycles. The van der Waals surface area contributed by atoms with E-state index in [4.69, 9.17) is 5.11 Å². The van der Waals surface area contributed by atoms with Gasteiger partial charge >= 0.3 is 5.97 Å². The molecule has 0 spiro atoms. The average molecular weight is 231 g/mol. The quantitative estimate of drug-likeness (QED) is 0.797. The van der Waals surface area contributed by atoms with Crippen molar-refractivity contribution >= 4 is 22.4 Å². The van der Waals surface area contributed by atoms with E-state index < -0.39 is 12.0 Å². The third kappa shape index (κ3) is 2.07. The molecule has 2 aromatic rings. The molecule has 2 N–H and O–H groups in total. The summed E-state index contributed by atoms with van der Waals surface area (Å²) in [5.41, 5.74) is 0.498. The van der Waals surface area contributed by atoms with Crippen molar-refractivity contribution in [2.75, 3.05) is 5.06 Å². The van der Waals surface area contributed by atoms with Crippen LogP contribution in [0.15, 0.2) is 42.5 Å². The van der Waals surface area contributed by atoms with E-state index in [1.807, 2.05) is 30.3 Å². The van der Waals surface area contributed by atoms with Gasteiger partial charge in [-0.25, -0.2) is 9.86 Å². The van der Waals surface area contributed by atoms with Crippen molar-refractivity contribution in [1.82, 2.24) is 0 Å². The highest BCUT2D eigenvalue weighted by Crippen LogP contribution is 2.26. The van der Waals surface area contributed by atoms with Gasteiger partial charge in [0.15, 0.2) is 6.04 Å². The van der Waals surface area contributed by atoms with E-state index >= 15 is 0 Å². The van der Waals surface area contributed by atoms with Crippen LogP contribution < -0.4 is 5.06 Å². The zero-order chi connectivity index (χ0) is 12.4. The number of benzene rings is 2.